The third-order valence-corrected chi connectivity index (χ3v) is 7.69. The summed E-state index contributed by atoms with van der Waals surface area (Å²) in [6.07, 6.45) is 1.34. The quantitative estimate of drug-likeness (QED) is 0.362. The number of ether oxygens (including phenoxy) is 2. The van der Waals surface area contributed by atoms with Gasteiger partial charge in [0.25, 0.3) is 11.8 Å². The van der Waals surface area contributed by atoms with Crippen LogP contribution in [-0.4, -0.2) is 38.0 Å². The fourth-order valence-corrected chi connectivity index (χ4v) is 5.76. The number of carbonyl (C=O) groups excluding carboxylic acids is 2. The number of amides is 2. The van der Waals surface area contributed by atoms with Crippen LogP contribution in [0.2, 0.25) is 0 Å². The van der Waals surface area contributed by atoms with Gasteiger partial charge in [0, 0.05) is 28.4 Å². The van der Waals surface area contributed by atoms with Gasteiger partial charge in [0.15, 0.2) is 17.2 Å². The van der Waals surface area contributed by atoms with Crippen LogP contribution in [0.25, 0.3) is 27.2 Å². The molecule has 0 saturated heterocycles. The Balaban J connectivity index is 1.31. The Labute approximate surface area is 220 Å². The predicted octanol–water partition coefficient (Wildman–Crippen LogP) is 4.03. The molecule has 2 amide bonds. The molecule has 10 nitrogen and oxygen atoms in total. The third-order valence-electron chi connectivity index (χ3n) is 7.00. The first-order valence-electron chi connectivity index (χ1n) is 12.0. The summed E-state index contributed by atoms with van der Waals surface area (Å²) >= 11 is 1.30. The molecule has 0 bridgehead atoms. The molecular weight excluding hydrogens is 504 g/mol. The minimum Gasteiger partial charge on any atom is -0.454 e. The lowest BCUT2D eigenvalue weighted by Crippen LogP contribution is -2.16. The highest BCUT2D eigenvalue weighted by atomic mass is 32.1. The molecule has 7 rings (SSSR count). The molecule has 1 aliphatic heterocycles. The molecule has 0 fully saturated rings. The van der Waals surface area contributed by atoms with Crippen molar-refractivity contribution in [2.45, 2.75) is 19.8 Å². The molecule has 5 aromatic rings. The van der Waals surface area contributed by atoms with Crippen molar-refractivity contribution in [2.24, 2.45) is 5.73 Å². The van der Waals surface area contributed by atoms with E-state index in [9.17, 15) is 9.59 Å². The lowest BCUT2D eigenvalue weighted by molar-refractivity contribution is 0.0992. The van der Waals surface area contributed by atoms with Crippen molar-refractivity contribution in [3.8, 4) is 28.4 Å². The summed E-state index contributed by atoms with van der Waals surface area (Å²) in [7, 11) is 0. The average molecular weight is 525 g/mol. The Morgan fingerprint density at radius 3 is 2.79 bits per heavy atom. The number of aryl methyl sites for hydroxylation is 2. The van der Waals surface area contributed by atoms with Gasteiger partial charge in [-0.1, -0.05) is 10.6 Å². The highest BCUT2D eigenvalue weighted by Gasteiger charge is 2.29. The average Bonchev–Trinajstić information content (AvgIpc) is 3.66. The molecule has 2 aliphatic rings. The largest absolute Gasteiger partial charge is 0.454 e. The Morgan fingerprint density at radius 1 is 1.05 bits per heavy atom. The lowest BCUT2D eigenvalue weighted by Gasteiger charge is -2.20. The molecule has 3 aromatic carbocycles. The molecule has 0 spiro atoms. The minimum absolute atomic E-state index is 0.153. The van der Waals surface area contributed by atoms with Crippen LogP contribution in [-0.2, 0) is 12.8 Å². The topological polar surface area (TPSA) is 134 Å². The number of hydrogen-bond acceptors (Lipinski definition) is 8. The molecule has 38 heavy (non-hydrogen) atoms. The molecule has 2 aromatic heterocycles. The van der Waals surface area contributed by atoms with E-state index < -0.39 is 5.91 Å². The van der Waals surface area contributed by atoms with Crippen molar-refractivity contribution in [2.75, 3.05) is 12.1 Å². The van der Waals surface area contributed by atoms with E-state index in [0.717, 1.165) is 44.6 Å². The van der Waals surface area contributed by atoms with E-state index in [-0.39, 0.29) is 18.4 Å². The normalized spacial score (nSPS) is 13.3. The second-order valence-corrected chi connectivity index (χ2v) is 9.96. The molecule has 0 unspecified atom stereocenters. The number of anilines is 1. The maximum Gasteiger partial charge on any atom is 0.269 e. The first kappa shape index (κ1) is 22.4. The van der Waals surface area contributed by atoms with E-state index >= 15 is 0 Å². The zero-order chi connectivity index (χ0) is 26.0. The van der Waals surface area contributed by atoms with Crippen molar-refractivity contribution in [1.29, 1.82) is 0 Å². The van der Waals surface area contributed by atoms with Crippen molar-refractivity contribution in [3.63, 3.8) is 0 Å². The SMILES string of the molecule is Cc1c(C(=O)Nc2ccc3c(c2)-c2c(c(C(N)=O)nn2-c2ccc4c(c2)OCO4)CC3)ccc2snnc12. The van der Waals surface area contributed by atoms with E-state index in [1.807, 2.05) is 49.4 Å². The van der Waals surface area contributed by atoms with Crippen LogP contribution >= 0.6 is 11.5 Å². The zero-order valence-corrected chi connectivity index (χ0v) is 21.0. The third kappa shape index (κ3) is 3.43. The summed E-state index contributed by atoms with van der Waals surface area (Å²) in [6.45, 7) is 2.02. The first-order valence-corrected chi connectivity index (χ1v) is 12.7. The van der Waals surface area contributed by atoms with E-state index in [0.29, 0.717) is 34.9 Å². The first-order chi connectivity index (χ1) is 18.5. The van der Waals surface area contributed by atoms with Gasteiger partial charge < -0.3 is 20.5 Å². The van der Waals surface area contributed by atoms with Gasteiger partial charge in [0.2, 0.25) is 6.79 Å². The predicted molar refractivity (Wildman–Crippen MR) is 141 cm³/mol. The van der Waals surface area contributed by atoms with Gasteiger partial charge in [0.1, 0.15) is 5.52 Å². The number of primary amides is 1. The molecule has 188 valence electrons. The number of carbonyl (C=O) groups is 2. The van der Waals surface area contributed by atoms with E-state index in [2.05, 4.69) is 20.0 Å². The fraction of sp³-hybridized carbons (Fsp3) is 0.148. The molecule has 3 N–H and O–H groups in total. The Bertz CT molecular complexity index is 1810. The fourth-order valence-electron chi connectivity index (χ4n) is 5.14. The van der Waals surface area contributed by atoms with E-state index in [1.54, 1.807) is 10.7 Å². The van der Waals surface area contributed by atoms with Gasteiger partial charge in [-0.2, -0.15) is 5.10 Å². The van der Waals surface area contributed by atoms with Crippen LogP contribution in [0.5, 0.6) is 11.5 Å². The zero-order valence-electron chi connectivity index (χ0n) is 20.1. The Kier molecular flexibility index (Phi) is 4.95. The second-order valence-electron chi connectivity index (χ2n) is 9.17. The van der Waals surface area contributed by atoms with Gasteiger partial charge in [-0.15, -0.1) is 5.10 Å². The van der Waals surface area contributed by atoms with Crippen molar-refractivity contribution in [1.82, 2.24) is 19.4 Å². The number of rotatable bonds is 4. The molecule has 3 heterocycles. The van der Waals surface area contributed by atoms with Crippen LogP contribution in [0.4, 0.5) is 5.69 Å². The monoisotopic (exact) mass is 524 g/mol. The van der Waals surface area contributed by atoms with Gasteiger partial charge in [0.05, 0.1) is 16.1 Å². The summed E-state index contributed by atoms with van der Waals surface area (Å²) in [5.74, 6) is 0.427. The van der Waals surface area contributed by atoms with Crippen LogP contribution in [0, 0.1) is 6.92 Å². The number of aromatic nitrogens is 4. The molecule has 0 radical (unpaired) electrons. The molecule has 1 aliphatic carbocycles. The molecule has 11 heteroatoms. The lowest BCUT2D eigenvalue weighted by atomic mass is 9.88. The van der Waals surface area contributed by atoms with Crippen molar-refractivity contribution in [3.05, 3.63) is 76.5 Å². The summed E-state index contributed by atoms with van der Waals surface area (Å²) < 4.78 is 17.6. The van der Waals surface area contributed by atoms with Crippen molar-refractivity contribution >= 4 is 39.3 Å². The van der Waals surface area contributed by atoms with E-state index in [1.165, 1.54) is 11.5 Å². The second kappa shape index (κ2) is 8.38. The maximum atomic E-state index is 13.2. The summed E-state index contributed by atoms with van der Waals surface area (Å²) in [5.41, 5.74) is 12.8. The number of nitrogens with one attached hydrogen (secondary N) is 1. The Morgan fingerprint density at radius 2 is 1.92 bits per heavy atom. The van der Waals surface area contributed by atoms with Gasteiger partial charge >= 0.3 is 0 Å². The van der Waals surface area contributed by atoms with Crippen LogP contribution < -0.4 is 20.5 Å². The number of nitrogens with zero attached hydrogens (tertiary/aromatic N) is 4. The van der Waals surface area contributed by atoms with Crippen LogP contribution in [0.1, 0.15) is 37.5 Å². The van der Waals surface area contributed by atoms with Gasteiger partial charge in [-0.3, -0.25) is 9.59 Å². The number of nitrogens with two attached hydrogens (primary N) is 1. The van der Waals surface area contributed by atoms with Gasteiger partial charge in [-0.25, -0.2) is 4.68 Å². The maximum absolute atomic E-state index is 13.2. The van der Waals surface area contributed by atoms with Gasteiger partial charge in [-0.05, 0) is 78.8 Å². The highest BCUT2D eigenvalue weighted by molar-refractivity contribution is 7.12. The summed E-state index contributed by atoms with van der Waals surface area (Å²) in [5, 5.41) is 11.8. The number of hydrogen-bond donors (Lipinski definition) is 2. The number of fused-ring (bicyclic) bond motifs is 5. The smallest absolute Gasteiger partial charge is 0.269 e. The molecule has 0 atom stereocenters. The van der Waals surface area contributed by atoms with E-state index in [4.69, 9.17) is 15.2 Å². The molecular formula is C27H20N6O4S. The highest BCUT2D eigenvalue weighted by Crippen LogP contribution is 2.40. The summed E-state index contributed by atoms with van der Waals surface area (Å²) in [6, 6.07) is 14.9. The van der Waals surface area contributed by atoms with Crippen molar-refractivity contribution < 1.29 is 19.1 Å². The summed E-state index contributed by atoms with van der Waals surface area (Å²) in [4.78, 5) is 25.6. The molecule has 0 saturated carbocycles. The minimum atomic E-state index is -0.587. The van der Waals surface area contributed by atoms with Crippen LogP contribution in [0.3, 0.4) is 0 Å². The Hall–Kier alpha value is -4.77. The number of benzene rings is 3. The van der Waals surface area contributed by atoms with Crippen LogP contribution in [0.15, 0.2) is 48.5 Å². The standard InChI is InChI=1S/C27H20N6O4S/c1-13-17(7-9-22-23(13)30-32-38-22)27(35)29-15-4-2-14-3-6-18-24(26(28)34)31-33(25(18)19(14)10-15)16-5-8-20-21(11-16)37-12-36-20/h2,4-5,7-11H,3,6,12H2,1H3,(H2,28,34)(H,29,35).